The molecule has 0 aliphatic carbocycles. The summed E-state index contributed by atoms with van der Waals surface area (Å²) in [5, 5.41) is 0. The van der Waals surface area contributed by atoms with Gasteiger partial charge in [-0.1, -0.05) is 30.3 Å². The van der Waals surface area contributed by atoms with E-state index in [1.807, 2.05) is 0 Å². The Hall–Kier alpha value is -1.58. The van der Waals surface area contributed by atoms with E-state index < -0.39 is 12.0 Å². The number of cyclic esters (lactones) is 2. The Morgan fingerprint density at radius 1 is 1.31 bits per heavy atom. The number of rotatable bonds is 1. The van der Waals surface area contributed by atoms with Crippen LogP contribution < -0.4 is 0 Å². The third-order valence-corrected chi connectivity index (χ3v) is 1.83. The lowest BCUT2D eigenvalue weighted by Gasteiger charge is -2.14. The number of carbonyl (C=O) groups excluding carboxylic acids is 1. The van der Waals surface area contributed by atoms with E-state index in [2.05, 4.69) is 9.47 Å². The van der Waals surface area contributed by atoms with Gasteiger partial charge in [-0.15, -0.1) is 0 Å². The first kappa shape index (κ1) is 8.04. The summed E-state index contributed by atoms with van der Waals surface area (Å²) in [7, 11) is 0. The van der Waals surface area contributed by atoms with Crippen molar-refractivity contribution < 1.29 is 18.7 Å². The highest BCUT2D eigenvalue weighted by Crippen LogP contribution is 2.32. The van der Waals surface area contributed by atoms with Gasteiger partial charge in [0.1, 0.15) is 0 Å². The zero-order valence-corrected chi connectivity index (χ0v) is 6.70. The molecule has 1 atom stereocenters. The Morgan fingerprint density at radius 3 is 2.54 bits per heavy atom. The molecule has 1 aliphatic heterocycles. The highest BCUT2D eigenvalue weighted by Gasteiger charge is 2.44. The van der Waals surface area contributed by atoms with E-state index in [1.54, 1.807) is 30.3 Å². The van der Waals surface area contributed by atoms with Gasteiger partial charge < -0.3 is 9.47 Å². The summed E-state index contributed by atoms with van der Waals surface area (Å²) in [6.07, 6.45) is -0.966. The molecule has 1 unspecified atom stereocenters. The molecule has 0 spiro atoms. The first-order valence-corrected chi connectivity index (χ1v) is 3.81. The molecule has 4 heteroatoms. The van der Waals surface area contributed by atoms with Crippen LogP contribution in [0.5, 0.6) is 0 Å². The van der Waals surface area contributed by atoms with Crippen LogP contribution in [0, 0.1) is 0 Å². The Bertz CT molecular complexity index is 325. The summed E-state index contributed by atoms with van der Waals surface area (Å²) in [6.45, 7) is -0.379. The molecular formula is C9H7FO3. The minimum atomic E-state index is -2.11. The molecule has 2 rings (SSSR count). The van der Waals surface area contributed by atoms with Crippen molar-refractivity contribution in [3.8, 4) is 0 Å². The normalized spacial score (nSPS) is 26.7. The zero-order chi connectivity index (χ0) is 9.31. The number of hydrogen-bond acceptors (Lipinski definition) is 3. The van der Waals surface area contributed by atoms with Crippen LogP contribution >= 0.6 is 0 Å². The maximum atomic E-state index is 13.7. The summed E-state index contributed by atoms with van der Waals surface area (Å²) >= 11 is 0. The Balaban J connectivity index is 2.31. The average molecular weight is 182 g/mol. The van der Waals surface area contributed by atoms with E-state index in [0.717, 1.165) is 0 Å². The Morgan fingerprint density at radius 2 is 2.00 bits per heavy atom. The predicted molar refractivity (Wildman–Crippen MR) is 41.7 cm³/mol. The smallest absolute Gasteiger partial charge is 0.426 e. The van der Waals surface area contributed by atoms with Crippen molar-refractivity contribution in [2.45, 2.75) is 5.85 Å². The molecule has 1 aromatic carbocycles. The second-order valence-corrected chi connectivity index (χ2v) is 2.74. The van der Waals surface area contributed by atoms with Gasteiger partial charge in [0.05, 0.1) is 0 Å². The number of carbonyl (C=O) groups is 1. The molecule has 1 aromatic rings. The van der Waals surface area contributed by atoms with E-state index in [1.165, 1.54) is 0 Å². The number of hydrogen-bond donors (Lipinski definition) is 0. The minimum Gasteiger partial charge on any atom is -0.426 e. The second-order valence-electron chi connectivity index (χ2n) is 2.74. The van der Waals surface area contributed by atoms with Gasteiger partial charge in [0.15, 0.2) is 6.61 Å². The average Bonchev–Trinajstić information content (AvgIpc) is 2.49. The van der Waals surface area contributed by atoms with Crippen LogP contribution in [0.1, 0.15) is 5.56 Å². The lowest BCUT2D eigenvalue weighted by atomic mass is 10.1. The van der Waals surface area contributed by atoms with E-state index in [0.29, 0.717) is 5.56 Å². The number of alkyl halides is 1. The molecule has 1 fully saturated rings. The molecule has 0 radical (unpaired) electrons. The molecule has 0 N–H and O–H groups in total. The van der Waals surface area contributed by atoms with Crippen molar-refractivity contribution in [3.05, 3.63) is 35.9 Å². The maximum absolute atomic E-state index is 13.7. The Kier molecular flexibility index (Phi) is 1.69. The summed E-state index contributed by atoms with van der Waals surface area (Å²) in [5.41, 5.74) is 0.292. The van der Waals surface area contributed by atoms with Crippen LogP contribution in [-0.4, -0.2) is 12.8 Å². The van der Waals surface area contributed by atoms with Gasteiger partial charge in [-0.05, 0) is 0 Å². The van der Waals surface area contributed by atoms with Crippen LogP contribution in [0.2, 0.25) is 0 Å². The molecule has 0 amide bonds. The van der Waals surface area contributed by atoms with E-state index >= 15 is 0 Å². The minimum absolute atomic E-state index is 0.292. The summed E-state index contributed by atoms with van der Waals surface area (Å²) in [6, 6.07) is 8.18. The lowest BCUT2D eigenvalue weighted by Crippen LogP contribution is -2.22. The SMILES string of the molecule is O=C1OCC(F)(c2ccccc2)O1. The van der Waals surface area contributed by atoms with E-state index in [4.69, 9.17) is 0 Å². The lowest BCUT2D eigenvalue weighted by molar-refractivity contribution is -0.0660. The van der Waals surface area contributed by atoms with E-state index in [9.17, 15) is 9.18 Å². The summed E-state index contributed by atoms with van der Waals surface area (Å²) in [4.78, 5) is 10.5. The van der Waals surface area contributed by atoms with Gasteiger partial charge in [0.2, 0.25) is 0 Å². The third-order valence-electron chi connectivity index (χ3n) is 1.83. The molecule has 1 saturated heterocycles. The molecule has 3 nitrogen and oxygen atoms in total. The number of ether oxygens (including phenoxy) is 2. The van der Waals surface area contributed by atoms with Crippen molar-refractivity contribution in [1.29, 1.82) is 0 Å². The van der Waals surface area contributed by atoms with Crippen molar-refractivity contribution in [2.75, 3.05) is 6.61 Å². The third kappa shape index (κ3) is 1.35. The number of benzene rings is 1. The topological polar surface area (TPSA) is 35.5 Å². The second kappa shape index (κ2) is 2.73. The van der Waals surface area contributed by atoms with Crippen LogP contribution in [0.3, 0.4) is 0 Å². The fourth-order valence-corrected chi connectivity index (χ4v) is 1.17. The van der Waals surface area contributed by atoms with Crippen molar-refractivity contribution in [1.82, 2.24) is 0 Å². The molecule has 13 heavy (non-hydrogen) atoms. The van der Waals surface area contributed by atoms with E-state index in [-0.39, 0.29) is 6.61 Å². The molecule has 0 saturated carbocycles. The first-order chi connectivity index (χ1) is 6.21. The van der Waals surface area contributed by atoms with Crippen LogP contribution in [0.25, 0.3) is 0 Å². The van der Waals surface area contributed by atoms with Gasteiger partial charge in [0, 0.05) is 5.56 Å². The van der Waals surface area contributed by atoms with Crippen molar-refractivity contribution >= 4 is 6.16 Å². The van der Waals surface area contributed by atoms with Crippen molar-refractivity contribution in [3.63, 3.8) is 0 Å². The molecular weight excluding hydrogens is 175 g/mol. The first-order valence-electron chi connectivity index (χ1n) is 3.81. The van der Waals surface area contributed by atoms with Gasteiger partial charge in [-0.3, -0.25) is 0 Å². The zero-order valence-electron chi connectivity index (χ0n) is 6.70. The van der Waals surface area contributed by atoms with Gasteiger partial charge in [-0.2, -0.15) is 4.39 Å². The van der Waals surface area contributed by atoms with Crippen LogP contribution in [0.4, 0.5) is 9.18 Å². The molecule has 1 aliphatic rings. The standard InChI is InChI=1S/C9H7FO3/c10-9(6-12-8(11)13-9)7-4-2-1-3-5-7/h1-5H,6H2. The van der Waals surface area contributed by atoms with Crippen molar-refractivity contribution in [2.24, 2.45) is 0 Å². The van der Waals surface area contributed by atoms with Gasteiger partial charge in [-0.25, -0.2) is 4.79 Å². The quantitative estimate of drug-likeness (QED) is 0.623. The maximum Gasteiger partial charge on any atom is 0.511 e. The largest absolute Gasteiger partial charge is 0.511 e. The van der Waals surface area contributed by atoms with Gasteiger partial charge in [0.25, 0.3) is 0 Å². The summed E-state index contributed by atoms with van der Waals surface area (Å²) < 4.78 is 22.5. The number of halogens is 1. The molecule has 1 heterocycles. The molecule has 0 aromatic heterocycles. The summed E-state index contributed by atoms with van der Waals surface area (Å²) in [5.74, 6) is -2.11. The highest BCUT2D eigenvalue weighted by molar-refractivity contribution is 5.62. The monoisotopic (exact) mass is 182 g/mol. The van der Waals surface area contributed by atoms with Gasteiger partial charge >= 0.3 is 12.0 Å². The Labute approximate surface area is 74.1 Å². The predicted octanol–water partition coefficient (Wildman–Crippen LogP) is 1.98. The van der Waals surface area contributed by atoms with Crippen LogP contribution in [0.15, 0.2) is 30.3 Å². The fourth-order valence-electron chi connectivity index (χ4n) is 1.17. The molecule has 0 bridgehead atoms. The van der Waals surface area contributed by atoms with Crippen LogP contribution in [-0.2, 0) is 15.3 Å². The highest BCUT2D eigenvalue weighted by atomic mass is 19.2. The molecule has 68 valence electrons. The fraction of sp³-hybridized carbons (Fsp3) is 0.222.